The summed E-state index contributed by atoms with van der Waals surface area (Å²) in [4.78, 5) is 17.0. The lowest BCUT2D eigenvalue weighted by Gasteiger charge is -2.18. The second-order valence-corrected chi connectivity index (χ2v) is 10.9. The van der Waals surface area contributed by atoms with E-state index >= 15 is 0 Å². The van der Waals surface area contributed by atoms with E-state index in [1.54, 1.807) is 23.7 Å². The van der Waals surface area contributed by atoms with Crippen LogP contribution in [-0.2, 0) is 21.9 Å². The first kappa shape index (κ1) is 24.4. The minimum Gasteiger partial charge on any atom is -0.356 e. The molecule has 1 amide bonds. The first-order valence-corrected chi connectivity index (χ1v) is 12.6. The van der Waals surface area contributed by atoms with E-state index in [1.165, 1.54) is 35.4 Å². The average Bonchev–Trinajstić information content (AvgIpc) is 3.38. The SMILES string of the molecule is CC(C)CCCCCNC(=O)[C@H]1CN(S(=O)(=O)c2cn(C)cn2)C[C@@H]1c1ccc(F)cc1. The lowest BCUT2D eigenvalue weighted by Crippen LogP contribution is -2.36. The van der Waals surface area contributed by atoms with Crippen molar-refractivity contribution in [1.29, 1.82) is 0 Å². The maximum atomic E-state index is 13.4. The maximum Gasteiger partial charge on any atom is 0.262 e. The fourth-order valence-electron chi connectivity index (χ4n) is 4.13. The second kappa shape index (κ2) is 10.6. The molecule has 0 saturated carbocycles. The summed E-state index contributed by atoms with van der Waals surface area (Å²) in [6.45, 7) is 5.18. The van der Waals surface area contributed by atoms with Crippen LogP contribution in [0.15, 0.2) is 41.8 Å². The Labute approximate surface area is 190 Å². The van der Waals surface area contributed by atoms with E-state index in [0.29, 0.717) is 12.5 Å². The molecule has 3 rings (SSSR count). The number of hydrogen-bond donors (Lipinski definition) is 1. The van der Waals surface area contributed by atoms with Crippen molar-refractivity contribution in [2.45, 2.75) is 50.5 Å². The highest BCUT2D eigenvalue weighted by Gasteiger charge is 2.44. The first-order valence-electron chi connectivity index (χ1n) is 11.2. The van der Waals surface area contributed by atoms with Gasteiger partial charge in [0.2, 0.25) is 5.91 Å². The summed E-state index contributed by atoms with van der Waals surface area (Å²) in [5, 5.41) is 2.95. The number of nitrogens with one attached hydrogen (secondary N) is 1. The third kappa shape index (κ3) is 5.95. The van der Waals surface area contributed by atoms with Crippen molar-refractivity contribution < 1.29 is 17.6 Å². The zero-order valence-electron chi connectivity index (χ0n) is 19.0. The van der Waals surface area contributed by atoms with Gasteiger partial charge >= 0.3 is 0 Å². The highest BCUT2D eigenvalue weighted by Crippen LogP contribution is 2.35. The summed E-state index contributed by atoms with van der Waals surface area (Å²) in [6, 6.07) is 5.94. The number of nitrogens with zero attached hydrogens (tertiary/aromatic N) is 3. The monoisotopic (exact) mass is 464 g/mol. The Morgan fingerprint density at radius 2 is 1.91 bits per heavy atom. The van der Waals surface area contributed by atoms with Crippen LogP contribution in [0.1, 0.15) is 51.0 Å². The minimum atomic E-state index is -3.83. The third-order valence-corrected chi connectivity index (χ3v) is 7.68. The zero-order valence-corrected chi connectivity index (χ0v) is 19.8. The quantitative estimate of drug-likeness (QED) is 0.547. The van der Waals surface area contributed by atoms with Gasteiger partial charge in [-0.05, 0) is 30.0 Å². The van der Waals surface area contributed by atoms with Crippen LogP contribution in [0.2, 0.25) is 0 Å². The number of rotatable bonds is 10. The smallest absolute Gasteiger partial charge is 0.262 e. The van der Waals surface area contributed by atoms with Gasteiger partial charge in [-0.25, -0.2) is 17.8 Å². The molecule has 1 aliphatic heterocycles. The van der Waals surface area contributed by atoms with Gasteiger partial charge in [0.15, 0.2) is 5.03 Å². The van der Waals surface area contributed by atoms with E-state index in [4.69, 9.17) is 0 Å². The van der Waals surface area contributed by atoms with Crippen LogP contribution < -0.4 is 5.32 Å². The number of carbonyl (C=O) groups excluding carboxylic acids is 1. The predicted molar refractivity (Wildman–Crippen MR) is 121 cm³/mol. The molecule has 1 saturated heterocycles. The molecular weight excluding hydrogens is 431 g/mol. The van der Waals surface area contributed by atoms with E-state index in [0.717, 1.165) is 24.8 Å². The van der Waals surface area contributed by atoms with Crippen LogP contribution in [0.5, 0.6) is 0 Å². The van der Waals surface area contributed by atoms with Gasteiger partial charge < -0.3 is 9.88 Å². The van der Waals surface area contributed by atoms with Crippen molar-refractivity contribution in [3.05, 3.63) is 48.2 Å². The molecule has 0 spiro atoms. The van der Waals surface area contributed by atoms with E-state index in [9.17, 15) is 17.6 Å². The maximum absolute atomic E-state index is 13.4. The molecular formula is C23H33FN4O3S. The summed E-state index contributed by atoms with van der Waals surface area (Å²) in [6.07, 6.45) is 7.12. The van der Waals surface area contributed by atoms with Gasteiger partial charge in [-0.1, -0.05) is 45.2 Å². The fraction of sp³-hybridized carbons (Fsp3) is 0.565. The van der Waals surface area contributed by atoms with Gasteiger partial charge in [0.05, 0.1) is 12.2 Å². The number of aryl methyl sites for hydroxylation is 1. The summed E-state index contributed by atoms with van der Waals surface area (Å²) in [5.41, 5.74) is 0.752. The van der Waals surface area contributed by atoms with Gasteiger partial charge in [0.25, 0.3) is 10.0 Å². The van der Waals surface area contributed by atoms with Gasteiger partial charge in [0.1, 0.15) is 5.82 Å². The molecule has 9 heteroatoms. The number of aromatic nitrogens is 2. The fourth-order valence-corrected chi connectivity index (χ4v) is 5.59. The zero-order chi connectivity index (χ0) is 23.3. The van der Waals surface area contributed by atoms with Crippen molar-refractivity contribution in [3.63, 3.8) is 0 Å². The second-order valence-electron chi connectivity index (χ2n) is 9.00. The van der Waals surface area contributed by atoms with Gasteiger partial charge in [-0.3, -0.25) is 4.79 Å². The Morgan fingerprint density at radius 3 is 2.53 bits per heavy atom. The molecule has 0 unspecified atom stereocenters. The van der Waals surface area contributed by atoms with Crippen LogP contribution in [0.4, 0.5) is 4.39 Å². The molecule has 0 aliphatic carbocycles. The van der Waals surface area contributed by atoms with E-state index < -0.39 is 15.9 Å². The molecule has 1 aromatic heterocycles. The molecule has 0 bridgehead atoms. The Balaban J connectivity index is 1.71. The molecule has 2 atom stereocenters. The van der Waals surface area contributed by atoms with E-state index in [-0.39, 0.29) is 35.8 Å². The molecule has 1 fully saturated rings. The van der Waals surface area contributed by atoms with Crippen molar-refractivity contribution in [2.75, 3.05) is 19.6 Å². The minimum absolute atomic E-state index is 0.0379. The lowest BCUT2D eigenvalue weighted by atomic mass is 9.88. The standard InChI is InChI=1S/C23H33FN4O3S/c1-17(2)7-5-4-6-12-25-23(29)21-14-28(32(30,31)22-15-27(3)16-26-22)13-20(21)18-8-10-19(24)11-9-18/h8-11,15-17,20-21H,4-7,12-14H2,1-3H3,(H,25,29)/t20-,21+/m1/s1. The van der Waals surface area contributed by atoms with Crippen molar-refractivity contribution in [3.8, 4) is 0 Å². The molecule has 1 aliphatic rings. The van der Waals surface area contributed by atoms with Crippen LogP contribution in [0.3, 0.4) is 0 Å². The van der Waals surface area contributed by atoms with Crippen LogP contribution >= 0.6 is 0 Å². The summed E-state index contributed by atoms with van der Waals surface area (Å²) >= 11 is 0. The number of carbonyl (C=O) groups is 1. The van der Waals surface area contributed by atoms with E-state index in [1.807, 2.05) is 0 Å². The molecule has 2 aromatic rings. The van der Waals surface area contributed by atoms with Crippen LogP contribution in [-0.4, -0.2) is 47.8 Å². The lowest BCUT2D eigenvalue weighted by molar-refractivity contribution is -0.124. The number of amides is 1. The largest absolute Gasteiger partial charge is 0.356 e. The first-order chi connectivity index (χ1) is 15.2. The molecule has 7 nitrogen and oxygen atoms in total. The molecule has 32 heavy (non-hydrogen) atoms. The Bertz CT molecular complexity index is 1000. The highest BCUT2D eigenvalue weighted by atomic mass is 32.2. The van der Waals surface area contributed by atoms with Gasteiger partial charge in [0, 0.05) is 38.8 Å². The number of halogens is 1. The van der Waals surface area contributed by atoms with Gasteiger partial charge in [-0.2, -0.15) is 4.31 Å². The molecule has 1 aromatic carbocycles. The number of benzene rings is 1. The predicted octanol–water partition coefficient (Wildman–Crippen LogP) is 3.30. The Hall–Kier alpha value is -2.26. The van der Waals surface area contributed by atoms with Crippen molar-refractivity contribution >= 4 is 15.9 Å². The number of unbranched alkanes of at least 4 members (excludes halogenated alkanes) is 2. The highest BCUT2D eigenvalue weighted by molar-refractivity contribution is 7.89. The van der Waals surface area contributed by atoms with Gasteiger partial charge in [-0.15, -0.1) is 0 Å². The Kier molecular flexibility index (Phi) is 8.05. The number of sulfonamides is 1. The molecule has 0 radical (unpaired) electrons. The number of imidazole rings is 1. The number of hydrogen-bond acceptors (Lipinski definition) is 4. The third-order valence-electron chi connectivity index (χ3n) is 5.96. The Morgan fingerprint density at radius 1 is 1.19 bits per heavy atom. The van der Waals surface area contributed by atoms with E-state index in [2.05, 4.69) is 24.1 Å². The normalized spacial score (nSPS) is 19.5. The van der Waals surface area contributed by atoms with Crippen molar-refractivity contribution in [2.24, 2.45) is 18.9 Å². The summed E-state index contributed by atoms with van der Waals surface area (Å²) in [5.74, 6) is -0.759. The van der Waals surface area contributed by atoms with Crippen molar-refractivity contribution in [1.82, 2.24) is 19.2 Å². The summed E-state index contributed by atoms with van der Waals surface area (Å²) < 4.78 is 42.5. The molecule has 2 heterocycles. The van der Waals surface area contributed by atoms with Crippen LogP contribution in [0, 0.1) is 17.7 Å². The summed E-state index contributed by atoms with van der Waals surface area (Å²) in [7, 11) is -2.12. The topological polar surface area (TPSA) is 84.3 Å². The average molecular weight is 465 g/mol. The molecule has 176 valence electrons. The van der Waals surface area contributed by atoms with Crippen LogP contribution in [0.25, 0.3) is 0 Å². The molecule has 1 N–H and O–H groups in total.